The molecule has 1 N–H and O–H groups in total. The van der Waals surface area contributed by atoms with Crippen molar-refractivity contribution in [1.82, 2.24) is 4.57 Å². The van der Waals surface area contributed by atoms with Crippen molar-refractivity contribution in [3.63, 3.8) is 0 Å². The van der Waals surface area contributed by atoms with Crippen molar-refractivity contribution in [2.45, 2.75) is 29.2 Å². The quantitative estimate of drug-likeness (QED) is 0.280. The molecule has 1 saturated heterocycles. The number of benzene rings is 2. The van der Waals surface area contributed by atoms with E-state index in [1.54, 1.807) is 59.0 Å². The summed E-state index contributed by atoms with van der Waals surface area (Å²) >= 11 is 4.40. The summed E-state index contributed by atoms with van der Waals surface area (Å²) in [7, 11) is 1.57. The van der Waals surface area contributed by atoms with Gasteiger partial charge in [0, 0.05) is 26.6 Å². The Balaban J connectivity index is 1.14. The van der Waals surface area contributed by atoms with Gasteiger partial charge in [0.2, 0.25) is 17.7 Å². The van der Waals surface area contributed by atoms with Crippen LogP contribution in [-0.2, 0) is 20.9 Å². The summed E-state index contributed by atoms with van der Waals surface area (Å²) in [5, 5.41) is 5.68. The Morgan fingerprint density at radius 3 is 2.41 bits per heavy atom. The summed E-state index contributed by atoms with van der Waals surface area (Å²) < 4.78 is 20.4. The molecule has 224 valence electrons. The monoisotopic (exact) mass is 647 g/mol. The number of ether oxygens (including phenoxy) is 1. The molecule has 2 aromatic heterocycles. The maximum Gasteiger partial charge on any atom is 0.308 e. The van der Waals surface area contributed by atoms with E-state index in [-0.39, 0.29) is 58.1 Å². The summed E-state index contributed by atoms with van der Waals surface area (Å²) in [4.78, 5) is 57.4. The lowest BCUT2D eigenvalue weighted by Gasteiger charge is -2.42. The molecule has 7 atom stereocenters. The van der Waals surface area contributed by atoms with Crippen molar-refractivity contribution in [2.75, 3.05) is 17.3 Å². The van der Waals surface area contributed by atoms with Crippen LogP contribution in [0.1, 0.15) is 22.1 Å². The molecule has 2 saturated carbocycles. The number of imide groups is 1. The van der Waals surface area contributed by atoms with Gasteiger partial charge in [-0.3, -0.25) is 28.6 Å². The molecule has 12 heteroatoms. The molecule has 3 fully saturated rings. The number of nitrogens with zero attached hydrogens (tertiary/aromatic N) is 2. The zero-order valence-electron chi connectivity index (χ0n) is 23.3. The third-order valence-corrected chi connectivity index (χ3v) is 13.3. The Kier molecular flexibility index (Phi) is 6.58. The van der Waals surface area contributed by atoms with E-state index < -0.39 is 17.7 Å². The van der Waals surface area contributed by atoms with Crippen LogP contribution < -0.4 is 19.8 Å². The zero-order chi connectivity index (χ0) is 30.3. The fourth-order valence-electron chi connectivity index (χ4n) is 7.90. The topological polar surface area (TPSA) is 97.7 Å². The van der Waals surface area contributed by atoms with Crippen molar-refractivity contribution in [3.8, 4) is 5.75 Å². The minimum atomic E-state index is -0.450. The van der Waals surface area contributed by atoms with Crippen LogP contribution in [0.2, 0.25) is 0 Å². The molecule has 2 aliphatic carbocycles. The number of fused-ring (bicyclic) bond motifs is 9. The Morgan fingerprint density at radius 2 is 1.73 bits per heavy atom. The minimum Gasteiger partial charge on any atom is -0.497 e. The van der Waals surface area contributed by atoms with E-state index in [9.17, 15) is 23.6 Å². The summed E-state index contributed by atoms with van der Waals surface area (Å²) in [6.45, 7) is -0.131. The van der Waals surface area contributed by atoms with Crippen molar-refractivity contribution < 1.29 is 23.5 Å². The number of thioether (sulfide) groups is 1. The number of halogens is 1. The molecule has 4 heterocycles. The van der Waals surface area contributed by atoms with Gasteiger partial charge in [0.1, 0.15) is 18.1 Å². The number of methoxy groups -OCH3 is 1. The van der Waals surface area contributed by atoms with Crippen molar-refractivity contribution in [2.24, 2.45) is 29.6 Å². The van der Waals surface area contributed by atoms with Gasteiger partial charge in [-0.1, -0.05) is 17.4 Å². The Bertz CT molecular complexity index is 1850. The molecule has 0 radical (unpaired) electrons. The van der Waals surface area contributed by atoms with E-state index in [0.717, 1.165) is 21.2 Å². The highest BCUT2D eigenvalue weighted by Gasteiger charge is 2.70. The van der Waals surface area contributed by atoms with E-state index in [0.29, 0.717) is 17.1 Å². The number of aromatic nitrogens is 1. The number of nitrogens with one attached hydrogen (secondary N) is 1. The van der Waals surface area contributed by atoms with Crippen LogP contribution in [-0.4, -0.2) is 34.6 Å². The molecule has 4 aliphatic rings. The van der Waals surface area contributed by atoms with Gasteiger partial charge in [-0.2, -0.15) is 0 Å². The van der Waals surface area contributed by atoms with Crippen LogP contribution in [0.5, 0.6) is 5.75 Å². The molecule has 2 aliphatic heterocycles. The molecule has 3 amide bonds. The van der Waals surface area contributed by atoms with Crippen molar-refractivity contribution in [3.05, 3.63) is 91.3 Å². The largest absolute Gasteiger partial charge is 0.497 e. The smallest absolute Gasteiger partial charge is 0.308 e. The number of carbonyl (C=O) groups is 3. The number of rotatable bonds is 6. The number of amides is 3. The van der Waals surface area contributed by atoms with Gasteiger partial charge in [-0.15, -0.1) is 23.1 Å². The van der Waals surface area contributed by atoms with Crippen LogP contribution >= 0.6 is 34.4 Å². The average molecular weight is 648 g/mol. The Labute approximate surface area is 263 Å². The molecule has 8 rings (SSSR count). The van der Waals surface area contributed by atoms with Crippen molar-refractivity contribution >= 4 is 63.5 Å². The second-order valence-corrected chi connectivity index (χ2v) is 14.8. The molecule has 8 nitrogen and oxygen atoms in total. The van der Waals surface area contributed by atoms with Crippen LogP contribution in [0.3, 0.4) is 0 Å². The highest BCUT2D eigenvalue weighted by molar-refractivity contribution is 8.00. The molecule has 7 unspecified atom stereocenters. The van der Waals surface area contributed by atoms with Gasteiger partial charge in [0.05, 0.1) is 29.7 Å². The van der Waals surface area contributed by atoms with Gasteiger partial charge in [0.25, 0.3) is 0 Å². The Morgan fingerprint density at radius 1 is 1.00 bits per heavy atom. The molecular formula is C32H26FN3O5S3. The van der Waals surface area contributed by atoms with E-state index >= 15 is 0 Å². The number of anilines is 2. The molecule has 2 aromatic carbocycles. The summed E-state index contributed by atoms with van der Waals surface area (Å²) in [6, 6.07) is 16.6. The SMILES string of the molecule is COc1ccc(NC(=O)Cn2c3c(sc2=O)C(c2cccs2)C2C4CC(C2S3)C2C(=O)N(c3ccc(F)cc3)C(=O)C42)cc1. The van der Waals surface area contributed by atoms with Gasteiger partial charge < -0.3 is 10.1 Å². The maximum absolute atomic E-state index is 13.9. The molecular weight excluding hydrogens is 622 g/mol. The van der Waals surface area contributed by atoms with Gasteiger partial charge >= 0.3 is 4.87 Å². The van der Waals surface area contributed by atoms with Gasteiger partial charge in [0.15, 0.2) is 0 Å². The van der Waals surface area contributed by atoms with Gasteiger partial charge in [-0.25, -0.2) is 4.39 Å². The van der Waals surface area contributed by atoms with Crippen LogP contribution in [0.4, 0.5) is 15.8 Å². The summed E-state index contributed by atoms with van der Waals surface area (Å²) in [6.07, 6.45) is 0.769. The third-order valence-electron chi connectivity index (χ3n) is 9.56. The number of hydrogen-bond donors (Lipinski definition) is 1. The zero-order valence-corrected chi connectivity index (χ0v) is 25.8. The predicted molar refractivity (Wildman–Crippen MR) is 167 cm³/mol. The highest BCUT2D eigenvalue weighted by Crippen LogP contribution is 2.69. The van der Waals surface area contributed by atoms with E-state index in [2.05, 4.69) is 11.4 Å². The highest BCUT2D eigenvalue weighted by atomic mass is 32.2. The van der Waals surface area contributed by atoms with E-state index in [1.807, 2.05) is 11.4 Å². The van der Waals surface area contributed by atoms with Crippen LogP contribution in [0.15, 0.2) is 75.9 Å². The second kappa shape index (κ2) is 10.4. The minimum absolute atomic E-state index is 0.00988. The average Bonchev–Trinajstić information content (AvgIpc) is 3.84. The van der Waals surface area contributed by atoms with Gasteiger partial charge in [-0.05, 0) is 84.2 Å². The fraction of sp³-hybridized carbons (Fsp3) is 0.312. The first kappa shape index (κ1) is 27.8. The summed E-state index contributed by atoms with van der Waals surface area (Å²) in [5.41, 5.74) is 1.00. The number of hydrogen-bond acceptors (Lipinski definition) is 8. The molecule has 4 aromatic rings. The second-order valence-electron chi connectivity index (χ2n) is 11.7. The number of thiazole rings is 1. The lowest BCUT2D eigenvalue weighted by molar-refractivity contribution is -0.123. The normalized spacial score (nSPS) is 28.1. The lowest BCUT2D eigenvalue weighted by atomic mass is 9.69. The standard InChI is InChI=1S/C32H26FN3O5S3/c1-41-18-10-6-16(7-11-18)34-22(37)14-35-31-28(44-32(35)40)26(21-3-2-12-42-21)23-19-13-20(27(23)43-31)25-24(19)29(38)36(30(25)39)17-8-4-15(33)5-9-17/h2-12,19-20,23-27H,13-14H2,1H3,(H,34,37). The van der Waals surface area contributed by atoms with Crippen LogP contribution in [0.25, 0.3) is 0 Å². The molecule has 44 heavy (non-hydrogen) atoms. The van der Waals surface area contributed by atoms with Crippen LogP contribution in [0, 0.1) is 35.4 Å². The first-order valence-corrected chi connectivity index (χ1v) is 16.9. The number of carbonyl (C=O) groups excluding carboxylic acids is 3. The lowest BCUT2D eigenvalue weighted by Crippen LogP contribution is -2.43. The Hall–Kier alpha value is -3.74. The first-order valence-electron chi connectivity index (χ1n) is 14.3. The summed E-state index contributed by atoms with van der Waals surface area (Å²) in [5.74, 6) is -1.47. The predicted octanol–water partition coefficient (Wildman–Crippen LogP) is 5.44. The molecule has 0 spiro atoms. The van der Waals surface area contributed by atoms with E-state index in [4.69, 9.17) is 4.74 Å². The third kappa shape index (κ3) is 4.14. The number of thiophene rings is 1. The fourth-order valence-corrected chi connectivity index (χ4v) is 12.0. The first-order chi connectivity index (χ1) is 21.3. The molecule has 2 bridgehead atoms. The van der Waals surface area contributed by atoms with Crippen molar-refractivity contribution in [1.29, 1.82) is 0 Å². The maximum atomic E-state index is 13.9. The van der Waals surface area contributed by atoms with E-state index in [1.165, 1.54) is 40.5 Å².